The van der Waals surface area contributed by atoms with Crippen molar-refractivity contribution >= 4 is 22.0 Å². The summed E-state index contributed by atoms with van der Waals surface area (Å²) >= 11 is 0. The number of hydrogen-bond acceptors (Lipinski definition) is 5. The van der Waals surface area contributed by atoms with Gasteiger partial charge in [-0.1, -0.05) is 19.8 Å². The molecular weight excluding hydrogens is 406 g/mol. The second kappa shape index (κ2) is 8.83. The van der Waals surface area contributed by atoms with Crippen molar-refractivity contribution in [1.82, 2.24) is 4.72 Å². The highest BCUT2D eigenvalue weighted by atomic mass is 32.2. The van der Waals surface area contributed by atoms with Crippen LogP contribution in [0.3, 0.4) is 0 Å². The van der Waals surface area contributed by atoms with E-state index in [1.165, 1.54) is 0 Å². The van der Waals surface area contributed by atoms with Crippen molar-refractivity contribution in [1.29, 1.82) is 0 Å². The number of nitrogens with zero attached hydrogens (tertiary/aromatic N) is 1. The third-order valence-electron chi connectivity index (χ3n) is 5.59. The Morgan fingerprint density at radius 2 is 1.90 bits per heavy atom. The van der Waals surface area contributed by atoms with E-state index in [4.69, 9.17) is 10.5 Å². The first kappa shape index (κ1) is 24.0. The number of carbonyl (C=O) groups is 1. The molecule has 4 N–H and O–H groups in total. The van der Waals surface area contributed by atoms with Crippen molar-refractivity contribution in [3.63, 3.8) is 0 Å². The average molecular weight is 440 g/mol. The van der Waals surface area contributed by atoms with Gasteiger partial charge in [0.1, 0.15) is 11.4 Å². The second-order valence-electron chi connectivity index (χ2n) is 8.49. The first-order valence-corrected chi connectivity index (χ1v) is 11.7. The number of aliphatic imine (C=N–C) groups is 1. The maximum absolute atomic E-state index is 13.2. The molecule has 2 rings (SSSR count). The van der Waals surface area contributed by atoms with Crippen LogP contribution in [0.25, 0.3) is 0 Å². The fourth-order valence-corrected chi connectivity index (χ4v) is 5.29. The van der Waals surface area contributed by atoms with Gasteiger partial charge in [-0.05, 0) is 76.1 Å². The highest BCUT2D eigenvalue weighted by Crippen LogP contribution is 2.42. The third kappa shape index (κ3) is 5.06. The molecule has 0 radical (unpaired) electrons. The van der Waals surface area contributed by atoms with Gasteiger partial charge in [-0.25, -0.2) is 22.9 Å². The molecule has 1 unspecified atom stereocenters. The van der Waals surface area contributed by atoms with Crippen molar-refractivity contribution in [2.75, 3.05) is 0 Å². The maximum Gasteiger partial charge on any atom is 0.328 e. The second-order valence-corrected chi connectivity index (χ2v) is 10.1. The summed E-state index contributed by atoms with van der Waals surface area (Å²) in [6.07, 6.45) is 3.23. The molecule has 0 aliphatic carbocycles. The van der Waals surface area contributed by atoms with Crippen molar-refractivity contribution < 1.29 is 23.1 Å². The lowest BCUT2D eigenvalue weighted by Gasteiger charge is -2.35. The number of carboxylic acids is 1. The topological polar surface area (TPSA) is 131 Å². The number of carboxylic acid groups (broad SMARTS) is 1. The number of nitrogens with one attached hydrogen (secondary N) is 1. The number of aliphatic carboxylic acids is 1. The number of unbranched alkanes of at least 4 members (excludes halogenated alkanes) is 1. The van der Waals surface area contributed by atoms with E-state index in [0.717, 1.165) is 29.7 Å². The van der Waals surface area contributed by atoms with E-state index < -0.39 is 28.0 Å². The van der Waals surface area contributed by atoms with Crippen LogP contribution in [0.15, 0.2) is 9.89 Å². The minimum absolute atomic E-state index is 0.139. The summed E-state index contributed by atoms with van der Waals surface area (Å²) in [5.74, 6) is -0.820. The van der Waals surface area contributed by atoms with Crippen molar-refractivity contribution in [3.05, 3.63) is 22.3 Å². The summed E-state index contributed by atoms with van der Waals surface area (Å²) in [6, 6.07) is -1.09. The van der Waals surface area contributed by atoms with Crippen LogP contribution in [0.1, 0.15) is 68.7 Å². The monoisotopic (exact) mass is 439 g/mol. The lowest BCUT2D eigenvalue weighted by atomic mass is 9.88. The van der Waals surface area contributed by atoms with Crippen LogP contribution in [0, 0.1) is 20.8 Å². The normalized spacial score (nSPS) is 17.1. The van der Waals surface area contributed by atoms with Crippen molar-refractivity contribution in [3.8, 4) is 5.75 Å². The molecule has 0 saturated heterocycles. The Labute approximate surface area is 179 Å². The SMILES string of the molecule is CCCCC(N=C(N)NS(=O)(=O)c1c(C)c(C)c2c(c1C)CCC(C)(C)O2)C(=O)O. The van der Waals surface area contributed by atoms with Crippen molar-refractivity contribution in [2.45, 2.75) is 90.2 Å². The minimum Gasteiger partial charge on any atom is -0.487 e. The molecule has 1 aromatic rings. The molecule has 0 bridgehead atoms. The van der Waals surface area contributed by atoms with Gasteiger partial charge in [-0.2, -0.15) is 0 Å². The minimum atomic E-state index is -4.05. The van der Waals surface area contributed by atoms with E-state index in [2.05, 4.69) is 9.71 Å². The molecule has 30 heavy (non-hydrogen) atoms. The quantitative estimate of drug-likeness (QED) is 0.442. The average Bonchev–Trinajstić information content (AvgIpc) is 2.61. The van der Waals surface area contributed by atoms with Crippen LogP contribution in [-0.2, 0) is 21.2 Å². The molecule has 0 fully saturated rings. The fourth-order valence-electron chi connectivity index (χ4n) is 3.77. The summed E-state index contributed by atoms with van der Waals surface area (Å²) in [7, 11) is -4.05. The zero-order valence-electron chi connectivity index (χ0n) is 18.6. The molecule has 1 heterocycles. The number of benzene rings is 1. The molecule has 1 aliphatic rings. The summed E-state index contributed by atoms with van der Waals surface area (Å²) in [5, 5.41) is 9.31. The van der Waals surface area contributed by atoms with Gasteiger partial charge in [-0.3, -0.25) is 0 Å². The van der Waals surface area contributed by atoms with Gasteiger partial charge in [0.25, 0.3) is 10.0 Å². The molecule has 1 atom stereocenters. The molecule has 168 valence electrons. The molecule has 0 aromatic heterocycles. The largest absolute Gasteiger partial charge is 0.487 e. The van der Waals surface area contributed by atoms with Crippen LogP contribution >= 0.6 is 0 Å². The summed E-state index contributed by atoms with van der Waals surface area (Å²) in [5.41, 5.74) is 8.32. The maximum atomic E-state index is 13.2. The Kier molecular flexibility index (Phi) is 7.06. The molecule has 8 nitrogen and oxygen atoms in total. The smallest absolute Gasteiger partial charge is 0.328 e. The van der Waals surface area contributed by atoms with E-state index in [-0.39, 0.29) is 16.9 Å². The fraction of sp³-hybridized carbons (Fsp3) is 0.619. The zero-order chi connectivity index (χ0) is 22.9. The predicted octanol–water partition coefficient (Wildman–Crippen LogP) is 2.95. The van der Waals surface area contributed by atoms with E-state index in [1.807, 2.05) is 27.7 Å². The number of rotatable bonds is 7. The van der Waals surface area contributed by atoms with Gasteiger partial charge in [0.2, 0.25) is 5.96 Å². The first-order chi connectivity index (χ1) is 13.8. The van der Waals surface area contributed by atoms with E-state index in [1.54, 1.807) is 13.8 Å². The van der Waals surface area contributed by atoms with Gasteiger partial charge in [0.05, 0.1) is 4.90 Å². The van der Waals surface area contributed by atoms with Gasteiger partial charge in [0, 0.05) is 0 Å². The van der Waals surface area contributed by atoms with Gasteiger partial charge >= 0.3 is 5.97 Å². The Bertz CT molecular complexity index is 968. The van der Waals surface area contributed by atoms with Crippen LogP contribution in [0.4, 0.5) is 0 Å². The van der Waals surface area contributed by atoms with E-state index in [0.29, 0.717) is 24.0 Å². The Morgan fingerprint density at radius 3 is 2.47 bits per heavy atom. The molecular formula is C21H33N3O5S. The number of ether oxygens (including phenoxy) is 1. The predicted molar refractivity (Wildman–Crippen MR) is 117 cm³/mol. The number of hydrogen-bond donors (Lipinski definition) is 3. The van der Waals surface area contributed by atoms with Crippen LogP contribution in [0.2, 0.25) is 0 Å². The number of guanidine groups is 1. The van der Waals surface area contributed by atoms with Crippen LogP contribution in [0.5, 0.6) is 5.75 Å². The molecule has 0 saturated carbocycles. The van der Waals surface area contributed by atoms with Crippen LogP contribution < -0.4 is 15.2 Å². The molecule has 1 aliphatic heterocycles. The first-order valence-electron chi connectivity index (χ1n) is 10.2. The lowest BCUT2D eigenvalue weighted by molar-refractivity contribution is -0.138. The summed E-state index contributed by atoms with van der Waals surface area (Å²) < 4.78 is 34.7. The summed E-state index contributed by atoms with van der Waals surface area (Å²) in [6.45, 7) is 11.3. The molecule has 0 amide bonds. The highest BCUT2D eigenvalue weighted by molar-refractivity contribution is 7.90. The third-order valence-corrected chi connectivity index (χ3v) is 7.21. The number of fused-ring (bicyclic) bond motifs is 1. The Hall–Kier alpha value is -2.29. The standard InChI is InChI=1S/C21H33N3O5S/c1-7-8-9-16(19(25)26)23-20(22)24-30(27,28)18-13(3)12(2)17-15(14(18)4)10-11-21(5,6)29-17/h16H,7-11H2,1-6H3,(H,25,26)(H3,22,23,24). The van der Waals surface area contributed by atoms with Crippen molar-refractivity contribution in [2.24, 2.45) is 10.7 Å². The van der Waals surface area contributed by atoms with E-state index >= 15 is 0 Å². The van der Waals surface area contributed by atoms with Crippen LogP contribution in [-0.4, -0.2) is 37.1 Å². The molecule has 9 heteroatoms. The summed E-state index contributed by atoms with van der Waals surface area (Å²) in [4.78, 5) is 15.4. The number of nitrogens with two attached hydrogens (primary N) is 1. The van der Waals surface area contributed by atoms with Gasteiger partial charge in [-0.15, -0.1) is 0 Å². The Balaban J connectivity index is 2.44. The van der Waals surface area contributed by atoms with Gasteiger partial charge < -0.3 is 15.6 Å². The highest BCUT2D eigenvalue weighted by Gasteiger charge is 2.33. The van der Waals surface area contributed by atoms with Gasteiger partial charge in [0.15, 0.2) is 6.04 Å². The zero-order valence-corrected chi connectivity index (χ0v) is 19.4. The Morgan fingerprint density at radius 1 is 1.27 bits per heavy atom. The lowest BCUT2D eigenvalue weighted by Crippen LogP contribution is -2.40. The number of sulfonamides is 1. The van der Waals surface area contributed by atoms with E-state index in [9.17, 15) is 18.3 Å². The molecule has 0 spiro atoms. The molecule has 1 aromatic carbocycles.